The molecule has 0 radical (unpaired) electrons. The van der Waals surface area contributed by atoms with E-state index in [1.165, 1.54) is 5.56 Å². The summed E-state index contributed by atoms with van der Waals surface area (Å²) in [5.74, 6) is 0.0701. The van der Waals surface area contributed by atoms with Gasteiger partial charge in [-0.25, -0.2) is 0 Å². The number of rotatable bonds is 4. The maximum atomic E-state index is 11.3. The summed E-state index contributed by atoms with van der Waals surface area (Å²) in [5.41, 5.74) is 1.20. The molecule has 0 bridgehead atoms. The molecule has 0 aliphatic carbocycles. The number of carbonyl (C=O) groups is 1. The lowest BCUT2D eigenvalue weighted by molar-refractivity contribution is -0.684. The molecule has 1 rings (SSSR count). The van der Waals surface area contributed by atoms with Crippen LogP contribution >= 0.6 is 0 Å². The number of nitrogens with one attached hydrogen (secondary N) is 1. The second-order valence-corrected chi connectivity index (χ2v) is 3.40. The van der Waals surface area contributed by atoms with Crippen LogP contribution in [0.2, 0.25) is 0 Å². The van der Waals surface area contributed by atoms with Crippen molar-refractivity contribution in [1.82, 2.24) is 5.32 Å². The fraction of sp³-hybridized carbons (Fsp3) is 0.455. The zero-order valence-corrected chi connectivity index (χ0v) is 8.79. The van der Waals surface area contributed by atoms with Crippen LogP contribution in [0.4, 0.5) is 0 Å². The summed E-state index contributed by atoms with van der Waals surface area (Å²) in [6.07, 6.45) is 4.81. The summed E-state index contributed by atoms with van der Waals surface area (Å²) < 4.78 is 1.87. The Morgan fingerprint density at radius 1 is 1.43 bits per heavy atom. The zero-order chi connectivity index (χ0) is 10.4. The molecule has 0 saturated carbocycles. The van der Waals surface area contributed by atoms with Crippen molar-refractivity contribution >= 4 is 5.91 Å². The van der Waals surface area contributed by atoms with E-state index in [0.29, 0.717) is 6.54 Å². The topological polar surface area (TPSA) is 33.0 Å². The van der Waals surface area contributed by atoms with E-state index in [4.69, 9.17) is 0 Å². The number of aryl methyl sites for hydroxylation is 1. The maximum absolute atomic E-state index is 11.3. The summed E-state index contributed by atoms with van der Waals surface area (Å²) in [4.78, 5) is 11.3. The Labute approximate surface area is 84.8 Å². The first-order chi connectivity index (χ1) is 6.72. The molecule has 1 N–H and O–H groups in total. The van der Waals surface area contributed by atoms with Crippen LogP contribution in [0.5, 0.6) is 0 Å². The molecular formula is C11H17N2O+. The molecule has 3 nitrogen and oxygen atoms in total. The molecule has 0 atom stereocenters. The first-order valence-corrected chi connectivity index (χ1v) is 4.94. The van der Waals surface area contributed by atoms with Gasteiger partial charge in [-0.3, -0.25) is 4.79 Å². The zero-order valence-electron chi connectivity index (χ0n) is 8.79. The van der Waals surface area contributed by atoms with Gasteiger partial charge in [0.1, 0.15) is 0 Å². The smallest absolute Gasteiger partial charge is 0.285 e. The number of amides is 1. The average molecular weight is 193 g/mol. The van der Waals surface area contributed by atoms with Gasteiger partial charge in [0.05, 0.1) is 0 Å². The molecule has 0 aliphatic rings. The lowest BCUT2D eigenvalue weighted by atomic mass is 10.3. The van der Waals surface area contributed by atoms with E-state index in [1.54, 1.807) is 0 Å². The van der Waals surface area contributed by atoms with E-state index in [-0.39, 0.29) is 5.91 Å². The molecule has 14 heavy (non-hydrogen) atoms. The van der Waals surface area contributed by atoms with Gasteiger partial charge in [-0.1, -0.05) is 6.92 Å². The predicted octanol–water partition coefficient (Wildman–Crippen LogP) is 0.809. The Bertz CT molecular complexity index is 293. The SMILES string of the molecule is CCCNC(=O)C[n+]1ccc(C)cc1. The van der Waals surface area contributed by atoms with Gasteiger partial charge >= 0.3 is 0 Å². The Hall–Kier alpha value is -1.38. The highest BCUT2D eigenvalue weighted by atomic mass is 16.1. The van der Waals surface area contributed by atoms with Gasteiger partial charge in [0, 0.05) is 18.7 Å². The first-order valence-electron chi connectivity index (χ1n) is 4.94. The summed E-state index contributed by atoms with van der Waals surface area (Å²) in [5, 5.41) is 2.84. The Morgan fingerprint density at radius 2 is 2.07 bits per heavy atom. The molecular weight excluding hydrogens is 176 g/mol. The van der Waals surface area contributed by atoms with E-state index in [1.807, 2.05) is 42.9 Å². The third kappa shape index (κ3) is 3.56. The number of aromatic nitrogens is 1. The number of carbonyl (C=O) groups excluding carboxylic acids is 1. The standard InChI is InChI=1S/C11H16N2O/c1-3-6-12-11(14)9-13-7-4-10(2)5-8-13/h4-5,7-8H,3,6,9H2,1-2H3/p+1. The van der Waals surface area contributed by atoms with Crippen LogP contribution in [-0.2, 0) is 11.3 Å². The molecule has 0 fully saturated rings. The maximum Gasteiger partial charge on any atom is 0.285 e. The second-order valence-electron chi connectivity index (χ2n) is 3.40. The number of pyridine rings is 1. The van der Waals surface area contributed by atoms with E-state index in [9.17, 15) is 4.79 Å². The van der Waals surface area contributed by atoms with Crippen molar-refractivity contribution in [1.29, 1.82) is 0 Å². The van der Waals surface area contributed by atoms with Crippen LogP contribution in [0.15, 0.2) is 24.5 Å². The summed E-state index contributed by atoms with van der Waals surface area (Å²) >= 11 is 0. The van der Waals surface area contributed by atoms with Crippen molar-refractivity contribution in [2.75, 3.05) is 6.54 Å². The lowest BCUT2D eigenvalue weighted by Gasteiger charge is -1.99. The van der Waals surface area contributed by atoms with Crippen molar-refractivity contribution < 1.29 is 9.36 Å². The van der Waals surface area contributed by atoms with Crippen LogP contribution in [-0.4, -0.2) is 12.5 Å². The Morgan fingerprint density at radius 3 is 2.64 bits per heavy atom. The highest BCUT2D eigenvalue weighted by Crippen LogP contribution is 1.89. The quantitative estimate of drug-likeness (QED) is 0.705. The number of hydrogen-bond acceptors (Lipinski definition) is 1. The molecule has 0 spiro atoms. The van der Waals surface area contributed by atoms with Crippen LogP contribution in [0.3, 0.4) is 0 Å². The lowest BCUT2D eigenvalue weighted by Crippen LogP contribution is -2.42. The van der Waals surface area contributed by atoms with Crippen molar-refractivity contribution in [2.45, 2.75) is 26.8 Å². The van der Waals surface area contributed by atoms with Gasteiger partial charge in [-0.2, -0.15) is 4.57 Å². The molecule has 0 aromatic carbocycles. The highest BCUT2D eigenvalue weighted by molar-refractivity contribution is 5.74. The van der Waals surface area contributed by atoms with Gasteiger partial charge in [0.2, 0.25) is 6.54 Å². The molecule has 0 saturated heterocycles. The average Bonchev–Trinajstić information content (AvgIpc) is 2.18. The molecule has 1 aromatic heterocycles. The second kappa shape index (κ2) is 5.37. The van der Waals surface area contributed by atoms with Gasteiger partial charge < -0.3 is 5.32 Å². The third-order valence-corrected chi connectivity index (χ3v) is 1.96. The van der Waals surface area contributed by atoms with Gasteiger partial charge in [-0.15, -0.1) is 0 Å². The van der Waals surface area contributed by atoms with Crippen molar-refractivity contribution in [3.05, 3.63) is 30.1 Å². The minimum absolute atomic E-state index is 0.0701. The van der Waals surface area contributed by atoms with Gasteiger partial charge in [0.25, 0.3) is 5.91 Å². The van der Waals surface area contributed by atoms with Crippen molar-refractivity contribution in [2.24, 2.45) is 0 Å². The van der Waals surface area contributed by atoms with Crippen molar-refractivity contribution in [3.63, 3.8) is 0 Å². The van der Waals surface area contributed by atoms with Crippen LogP contribution in [0.1, 0.15) is 18.9 Å². The Balaban J connectivity index is 2.44. The van der Waals surface area contributed by atoms with Gasteiger partial charge in [0.15, 0.2) is 12.4 Å². The summed E-state index contributed by atoms with van der Waals surface area (Å²) in [6, 6.07) is 3.99. The third-order valence-electron chi connectivity index (χ3n) is 1.96. The monoisotopic (exact) mass is 193 g/mol. The molecule has 3 heteroatoms. The van der Waals surface area contributed by atoms with E-state index < -0.39 is 0 Å². The van der Waals surface area contributed by atoms with Crippen LogP contribution < -0.4 is 9.88 Å². The summed E-state index contributed by atoms with van der Waals surface area (Å²) in [6.45, 7) is 5.23. The van der Waals surface area contributed by atoms with Crippen LogP contribution in [0.25, 0.3) is 0 Å². The Kier molecular flexibility index (Phi) is 4.11. The summed E-state index contributed by atoms with van der Waals surface area (Å²) in [7, 11) is 0. The first kappa shape index (κ1) is 10.7. The molecule has 1 aromatic rings. The molecule has 1 amide bonds. The fourth-order valence-corrected chi connectivity index (χ4v) is 1.12. The van der Waals surface area contributed by atoms with E-state index >= 15 is 0 Å². The molecule has 76 valence electrons. The fourth-order valence-electron chi connectivity index (χ4n) is 1.12. The molecule has 0 aliphatic heterocycles. The number of nitrogens with zero attached hydrogens (tertiary/aromatic N) is 1. The number of hydrogen-bond donors (Lipinski definition) is 1. The van der Waals surface area contributed by atoms with Gasteiger partial charge in [-0.05, 0) is 18.9 Å². The minimum atomic E-state index is 0.0701. The van der Waals surface area contributed by atoms with Crippen molar-refractivity contribution in [3.8, 4) is 0 Å². The normalized spacial score (nSPS) is 9.86. The van der Waals surface area contributed by atoms with E-state index in [0.717, 1.165) is 13.0 Å². The van der Waals surface area contributed by atoms with E-state index in [2.05, 4.69) is 5.32 Å². The molecule has 1 heterocycles. The largest absolute Gasteiger partial charge is 0.351 e. The predicted molar refractivity (Wildman–Crippen MR) is 54.7 cm³/mol. The van der Waals surface area contributed by atoms with Crippen LogP contribution in [0, 0.1) is 6.92 Å². The highest BCUT2D eigenvalue weighted by Gasteiger charge is 2.06. The molecule has 0 unspecified atom stereocenters. The minimum Gasteiger partial charge on any atom is -0.351 e.